The number of rotatable bonds is 6. The van der Waals surface area contributed by atoms with E-state index in [1.165, 1.54) is 6.20 Å². The molecule has 0 saturated heterocycles. The highest BCUT2D eigenvalue weighted by molar-refractivity contribution is 7.99. The molecule has 1 amide bonds. The lowest BCUT2D eigenvalue weighted by Crippen LogP contribution is -2.28. The summed E-state index contributed by atoms with van der Waals surface area (Å²) in [6, 6.07) is 11.5. The molecule has 1 heterocycles. The number of carbonyl (C=O) groups excluding carboxylic acids is 2. The summed E-state index contributed by atoms with van der Waals surface area (Å²) in [5.41, 5.74) is 0.998. The molecular formula is C17H18N2O4S. The molecule has 1 aromatic heterocycles. The first-order valence-electron chi connectivity index (χ1n) is 7.37. The van der Waals surface area contributed by atoms with Gasteiger partial charge in [0.05, 0.1) is 17.4 Å². The predicted octanol–water partition coefficient (Wildman–Crippen LogP) is 2.62. The summed E-state index contributed by atoms with van der Waals surface area (Å²) in [5.74, 6) is -0.521. The van der Waals surface area contributed by atoms with Crippen molar-refractivity contribution in [3.8, 4) is 0 Å². The molecule has 2 rings (SSSR count). The SMILES string of the molecule is CC(C)OC(=O)c1ccc(NC(=O)CSc2cccc[n+]2[O-])cc1. The minimum absolute atomic E-state index is 0.114. The van der Waals surface area contributed by atoms with Crippen LogP contribution < -0.4 is 10.0 Å². The van der Waals surface area contributed by atoms with Crippen molar-refractivity contribution in [2.24, 2.45) is 0 Å². The molecule has 1 N–H and O–H groups in total. The lowest BCUT2D eigenvalue weighted by molar-refractivity contribution is -0.645. The third kappa shape index (κ3) is 5.27. The van der Waals surface area contributed by atoms with Crippen molar-refractivity contribution in [1.82, 2.24) is 0 Å². The number of aromatic nitrogens is 1. The maximum absolute atomic E-state index is 11.9. The molecule has 0 atom stereocenters. The normalized spacial score (nSPS) is 10.5. The number of hydrogen-bond donors (Lipinski definition) is 1. The highest BCUT2D eigenvalue weighted by Gasteiger charge is 2.11. The molecule has 0 spiro atoms. The van der Waals surface area contributed by atoms with E-state index < -0.39 is 5.97 Å². The summed E-state index contributed by atoms with van der Waals surface area (Å²) in [5, 5.41) is 14.7. The van der Waals surface area contributed by atoms with Crippen LogP contribution in [-0.4, -0.2) is 23.7 Å². The van der Waals surface area contributed by atoms with Crippen LogP contribution in [0.5, 0.6) is 0 Å². The first-order chi connectivity index (χ1) is 11.5. The van der Waals surface area contributed by atoms with Gasteiger partial charge in [-0.05, 0) is 55.9 Å². The van der Waals surface area contributed by atoms with Crippen molar-refractivity contribution in [3.63, 3.8) is 0 Å². The maximum atomic E-state index is 11.9. The lowest BCUT2D eigenvalue weighted by atomic mass is 10.2. The van der Waals surface area contributed by atoms with Crippen LogP contribution in [0.1, 0.15) is 24.2 Å². The van der Waals surface area contributed by atoms with Gasteiger partial charge in [0.1, 0.15) is 0 Å². The topological polar surface area (TPSA) is 82.3 Å². The number of amides is 1. The third-order valence-corrected chi connectivity index (χ3v) is 3.91. The summed E-state index contributed by atoms with van der Waals surface area (Å²) in [4.78, 5) is 23.7. The fourth-order valence-corrected chi connectivity index (χ4v) is 2.55. The number of nitrogens with zero attached hydrogens (tertiary/aromatic N) is 1. The van der Waals surface area contributed by atoms with E-state index >= 15 is 0 Å². The van der Waals surface area contributed by atoms with E-state index in [9.17, 15) is 14.8 Å². The summed E-state index contributed by atoms with van der Waals surface area (Å²) in [6.07, 6.45) is 1.20. The molecule has 0 saturated carbocycles. The number of pyridine rings is 1. The van der Waals surface area contributed by atoms with E-state index in [2.05, 4.69) is 5.32 Å². The molecular weight excluding hydrogens is 328 g/mol. The monoisotopic (exact) mass is 346 g/mol. The number of ether oxygens (including phenoxy) is 1. The largest absolute Gasteiger partial charge is 0.618 e. The van der Waals surface area contributed by atoms with Crippen LogP contribution >= 0.6 is 11.8 Å². The van der Waals surface area contributed by atoms with Gasteiger partial charge in [0.15, 0.2) is 6.20 Å². The van der Waals surface area contributed by atoms with Gasteiger partial charge in [-0.1, -0.05) is 0 Å². The van der Waals surface area contributed by atoms with Crippen molar-refractivity contribution >= 4 is 29.3 Å². The zero-order valence-electron chi connectivity index (χ0n) is 13.4. The first kappa shape index (κ1) is 17.8. The van der Waals surface area contributed by atoms with E-state index in [1.54, 1.807) is 56.3 Å². The van der Waals surface area contributed by atoms with Gasteiger partial charge in [0.25, 0.3) is 5.03 Å². The second-order valence-corrected chi connectivity index (χ2v) is 6.23. The number of nitrogens with one attached hydrogen (secondary N) is 1. The van der Waals surface area contributed by atoms with Gasteiger partial charge in [-0.3, -0.25) is 4.79 Å². The second kappa shape index (κ2) is 8.35. The van der Waals surface area contributed by atoms with Gasteiger partial charge in [-0.2, -0.15) is 4.73 Å². The van der Waals surface area contributed by atoms with Gasteiger partial charge in [-0.25, -0.2) is 4.79 Å². The second-order valence-electron chi connectivity index (χ2n) is 5.23. The minimum Gasteiger partial charge on any atom is -0.618 e. The van der Waals surface area contributed by atoms with Crippen LogP contribution in [0.15, 0.2) is 53.7 Å². The smallest absolute Gasteiger partial charge is 0.338 e. The Labute approximate surface area is 144 Å². The molecule has 0 unspecified atom stereocenters. The number of carbonyl (C=O) groups is 2. The number of benzene rings is 1. The Hall–Kier alpha value is -2.54. The minimum atomic E-state index is -0.400. The van der Waals surface area contributed by atoms with Gasteiger partial charge < -0.3 is 15.3 Å². The Morgan fingerprint density at radius 3 is 2.54 bits per heavy atom. The predicted molar refractivity (Wildman–Crippen MR) is 91.7 cm³/mol. The first-order valence-corrected chi connectivity index (χ1v) is 8.36. The van der Waals surface area contributed by atoms with E-state index in [1.807, 2.05) is 0 Å². The summed E-state index contributed by atoms with van der Waals surface area (Å²) in [7, 11) is 0. The molecule has 1 aromatic carbocycles. The standard InChI is InChI=1S/C17H18N2O4S/c1-12(2)23-17(21)13-6-8-14(9-7-13)18-15(20)11-24-16-5-3-4-10-19(16)22/h3-10,12H,11H2,1-2H3,(H,18,20). The highest BCUT2D eigenvalue weighted by Crippen LogP contribution is 2.15. The van der Waals surface area contributed by atoms with Crippen LogP contribution in [0.4, 0.5) is 5.69 Å². The van der Waals surface area contributed by atoms with Crippen molar-refractivity contribution in [3.05, 3.63) is 59.4 Å². The highest BCUT2D eigenvalue weighted by atomic mass is 32.2. The summed E-state index contributed by atoms with van der Waals surface area (Å²) < 4.78 is 5.81. The Kier molecular flexibility index (Phi) is 6.20. The molecule has 0 aliphatic heterocycles. The summed E-state index contributed by atoms with van der Waals surface area (Å²) >= 11 is 1.15. The van der Waals surface area contributed by atoms with Crippen LogP contribution in [0.3, 0.4) is 0 Å². The van der Waals surface area contributed by atoms with Crippen molar-refractivity contribution < 1.29 is 19.1 Å². The average Bonchev–Trinajstić information content (AvgIpc) is 2.54. The Morgan fingerprint density at radius 2 is 1.92 bits per heavy atom. The van der Waals surface area contributed by atoms with Crippen LogP contribution in [-0.2, 0) is 9.53 Å². The molecule has 0 bridgehead atoms. The van der Waals surface area contributed by atoms with Gasteiger partial charge in [-0.15, -0.1) is 0 Å². The zero-order chi connectivity index (χ0) is 17.5. The molecule has 0 fully saturated rings. The lowest BCUT2D eigenvalue weighted by Gasteiger charge is -2.09. The Bertz CT molecular complexity index is 717. The Morgan fingerprint density at radius 1 is 1.21 bits per heavy atom. The third-order valence-electron chi connectivity index (χ3n) is 2.89. The van der Waals surface area contributed by atoms with Crippen LogP contribution in [0.2, 0.25) is 0 Å². The molecule has 6 nitrogen and oxygen atoms in total. The zero-order valence-corrected chi connectivity index (χ0v) is 14.2. The Balaban J connectivity index is 1.88. The molecule has 7 heteroatoms. The number of anilines is 1. The van der Waals surface area contributed by atoms with E-state index in [0.717, 1.165) is 11.8 Å². The van der Waals surface area contributed by atoms with Gasteiger partial charge >= 0.3 is 5.97 Å². The molecule has 24 heavy (non-hydrogen) atoms. The molecule has 126 valence electrons. The molecule has 0 aliphatic carbocycles. The van der Waals surface area contributed by atoms with Gasteiger partial charge in [0.2, 0.25) is 5.91 Å². The number of thioether (sulfide) groups is 1. The van der Waals surface area contributed by atoms with Crippen molar-refractivity contribution in [2.45, 2.75) is 25.0 Å². The fraction of sp³-hybridized carbons (Fsp3) is 0.235. The van der Waals surface area contributed by atoms with Crippen molar-refractivity contribution in [2.75, 3.05) is 11.1 Å². The van der Waals surface area contributed by atoms with Crippen LogP contribution in [0.25, 0.3) is 0 Å². The van der Waals surface area contributed by atoms with E-state index in [0.29, 0.717) is 21.0 Å². The molecule has 2 aromatic rings. The average molecular weight is 346 g/mol. The van der Waals surface area contributed by atoms with E-state index in [-0.39, 0.29) is 17.8 Å². The van der Waals surface area contributed by atoms with E-state index in [4.69, 9.17) is 4.74 Å². The maximum Gasteiger partial charge on any atom is 0.338 e. The van der Waals surface area contributed by atoms with Crippen molar-refractivity contribution in [1.29, 1.82) is 0 Å². The summed E-state index contributed by atoms with van der Waals surface area (Å²) in [6.45, 7) is 3.56. The quantitative estimate of drug-likeness (QED) is 0.376. The molecule has 0 aliphatic rings. The fourth-order valence-electron chi connectivity index (χ4n) is 1.83. The van der Waals surface area contributed by atoms with Gasteiger partial charge in [0, 0.05) is 17.8 Å². The molecule has 0 radical (unpaired) electrons. The number of esters is 1. The number of hydrogen-bond acceptors (Lipinski definition) is 5. The van der Waals surface area contributed by atoms with Crippen LogP contribution in [0, 0.1) is 5.21 Å².